The number of carbonyl (C=O) groups is 5. The van der Waals surface area contributed by atoms with Crippen LogP contribution in [0.4, 0.5) is 14.4 Å². The molecule has 0 aliphatic heterocycles. The minimum absolute atomic E-state index is 0.0527. The summed E-state index contributed by atoms with van der Waals surface area (Å²) in [4.78, 5) is 66.3. The fraction of sp³-hybridized carbons (Fsp3) is 0.410. The first-order valence-corrected chi connectivity index (χ1v) is 17.6. The highest BCUT2D eigenvalue weighted by molar-refractivity contribution is 5.88. The maximum Gasteiger partial charge on any atom is 0.407 e. The van der Waals surface area contributed by atoms with Gasteiger partial charge in [-0.3, -0.25) is 9.59 Å². The summed E-state index contributed by atoms with van der Waals surface area (Å²) in [6, 6.07) is 27.0. The zero-order chi connectivity index (χ0) is 37.6. The third kappa shape index (κ3) is 15.5. The number of ether oxygens (including phenoxy) is 2. The van der Waals surface area contributed by atoms with Gasteiger partial charge < -0.3 is 40.3 Å². The molecule has 1 atom stereocenters. The van der Waals surface area contributed by atoms with E-state index in [1.807, 2.05) is 105 Å². The van der Waals surface area contributed by atoms with Gasteiger partial charge in [-0.1, -0.05) is 105 Å². The topological polar surface area (TPSA) is 167 Å². The molecule has 3 aromatic carbocycles. The molecule has 13 heteroatoms. The fourth-order valence-electron chi connectivity index (χ4n) is 5.42. The van der Waals surface area contributed by atoms with Crippen molar-refractivity contribution in [1.82, 2.24) is 25.8 Å². The monoisotopic (exact) mass is 717 g/mol. The maximum absolute atomic E-state index is 13.7. The third-order valence-electron chi connectivity index (χ3n) is 8.05. The zero-order valence-electron chi connectivity index (χ0n) is 30.0. The van der Waals surface area contributed by atoms with Gasteiger partial charge in [-0.05, 0) is 41.9 Å². The molecule has 1 unspecified atom stereocenters. The largest absolute Gasteiger partial charge is 0.465 e. The molecule has 0 spiro atoms. The Balaban J connectivity index is 1.54. The van der Waals surface area contributed by atoms with E-state index in [4.69, 9.17) is 9.47 Å². The molecule has 0 aromatic heterocycles. The van der Waals surface area contributed by atoms with Crippen LogP contribution in [0, 0.1) is 5.92 Å². The zero-order valence-corrected chi connectivity index (χ0v) is 30.0. The molecule has 0 saturated heterocycles. The normalized spacial score (nSPS) is 11.2. The number of benzene rings is 3. The molecule has 0 aliphatic carbocycles. The summed E-state index contributed by atoms with van der Waals surface area (Å²) in [5.74, 6) is -0.904. The van der Waals surface area contributed by atoms with Crippen LogP contribution in [0.3, 0.4) is 0 Å². The molecular weight excluding hydrogens is 666 g/mol. The van der Waals surface area contributed by atoms with E-state index in [1.54, 1.807) is 0 Å². The Morgan fingerprint density at radius 3 is 1.62 bits per heavy atom. The molecule has 0 radical (unpaired) electrons. The van der Waals surface area contributed by atoms with Crippen LogP contribution in [0.15, 0.2) is 91.0 Å². The number of carboxylic acid groups (broad SMARTS) is 1. The average molecular weight is 718 g/mol. The van der Waals surface area contributed by atoms with E-state index in [9.17, 15) is 29.1 Å². The van der Waals surface area contributed by atoms with Crippen molar-refractivity contribution in [3.8, 4) is 0 Å². The number of hydrogen-bond acceptors (Lipinski definition) is 7. The second-order valence-corrected chi connectivity index (χ2v) is 12.5. The van der Waals surface area contributed by atoms with Crippen LogP contribution in [0.2, 0.25) is 0 Å². The van der Waals surface area contributed by atoms with Crippen molar-refractivity contribution in [3.63, 3.8) is 0 Å². The van der Waals surface area contributed by atoms with Crippen LogP contribution < -0.4 is 16.0 Å². The highest BCUT2D eigenvalue weighted by Crippen LogP contribution is 2.16. The van der Waals surface area contributed by atoms with Crippen molar-refractivity contribution in [2.24, 2.45) is 5.92 Å². The summed E-state index contributed by atoms with van der Waals surface area (Å²) < 4.78 is 10.5. The first kappa shape index (κ1) is 40.8. The van der Waals surface area contributed by atoms with Crippen molar-refractivity contribution in [1.29, 1.82) is 0 Å². The van der Waals surface area contributed by atoms with Crippen LogP contribution >= 0.6 is 0 Å². The van der Waals surface area contributed by atoms with Gasteiger partial charge in [0.1, 0.15) is 19.3 Å². The van der Waals surface area contributed by atoms with Gasteiger partial charge in [0, 0.05) is 45.7 Å². The highest BCUT2D eigenvalue weighted by atomic mass is 16.6. The summed E-state index contributed by atoms with van der Waals surface area (Å²) in [7, 11) is 0. The summed E-state index contributed by atoms with van der Waals surface area (Å²) in [5, 5.41) is 18.1. The van der Waals surface area contributed by atoms with Crippen molar-refractivity contribution in [3.05, 3.63) is 108 Å². The second kappa shape index (κ2) is 23.0. The van der Waals surface area contributed by atoms with E-state index in [0.29, 0.717) is 19.3 Å². The van der Waals surface area contributed by atoms with Crippen molar-refractivity contribution in [2.45, 2.75) is 65.3 Å². The number of nitrogens with one attached hydrogen (secondary N) is 3. The van der Waals surface area contributed by atoms with Gasteiger partial charge in [-0.25, -0.2) is 14.4 Å². The van der Waals surface area contributed by atoms with Gasteiger partial charge >= 0.3 is 18.3 Å². The van der Waals surface area contributed by atoms with E-state index in [-0.39, 0.29) is 76.6 Å². The lowest BCUT2D eigenvalue weighted by Gasteiger charge is -2.34. The van der Waals surface area contributed by atoms with E-state index >= 15 is 0 Å². The molecule has 0 heterocycles. The summed E-state index contributed by atoms with van der Waals surface area (Å²) in [6.07, 6.45) is -1.14. The third-order valence-corrected chi connectivity index (χ3v) is 8.05. The number of nitrogens with zero attached hydrogens (tertiary/aromatic N) is 2. The molecule has 4 N–H and O–H groups in total. The molecule has 52 heavy (non-hydrogen) atoms. The number of rotatable bonds is 21. The summed E-state index contributed by atoms with van der Waals surface area (Å²) >= 11 is 0. The summed E-state index contributed by atoms with van der Waals surface area (Å²) in [5.41, 5.74) is 2.56. The van der Waals surface area contributed by atoms with E-state index in [2.05, 4.69) is 16.0 Å². The highest BCUT2D eigenvalue weighted by Gasteiger charge is 2.32. The lowest BCUT2D eigenvalue weighted by molar-refractivity contribution is -0.142. The number of carbonyl (C=O) groups excluding carboxylic acids is 4. The van der Waals surface area contributed by atoms with Gasteiger partial charge in [0.2, 0.25) is 11.8 Å². The quantitative estimate of drug-likeness (QED) is 0.104. The molecule has 280 valence electrons. The Labute approximate surface area is 305 Å². The lowest BCUT2D eigenvalue weighted by Crippen LogP contribution is -2.53. The van der Waals surface area contributed by atoms with Gasteiger partial charge in [-0.15, -0.1) is 0 Å². The number of amides is 5. The van der Waals surface area contributed by atoms with E-state index in [1.165, 1.54) is 9.80 Å². The SMILES string of the molecule is CC(C)C(C(=O)NCCCNC(=O)OCc1ccccc1)N(CCCN(Cc1ccccc1)C(=O)O)C(=O)CCCNC(=O)OCc1ccccc1. The van der Waals surface area contributed by atoms with Gasteiger partial charge in [-0.2, -0.15) is 0 Å². The van der Waals surface area contributed by atoms with Crippen LogP contribution in [0.5, 0.6) is 0 Å². The minimum atomic E-state index is -1.08. The molecule has 13 nitrogen and oxygen atoms in total. The van der Waals surface area contributed by atoms with Crippen molar-refractivity contribution in [2.75, 3.05) is 32.7 Å². The molecule has 3 aromatic rings. The molecule has 0 bridgehead atoms. The Bertz CT molecular complexity index is 1530. The standard InChI is InChI=1S/C39H51N5O8/c1-30(2)35(36(46)40-23-13-24-42-38(48)52-29-33-19-10-5-11-20-33)44(26-14-25-43(39(49)50)27-31-15-6-3-7-16-31)34(45)21-12-22-41-37(47)51-28-32-17-8-4-9-18-32/h3-11,15-20,30,35H,12-14,21-29H2,1-2H3,(H,40,46)(H,41,47)(H,42,48)(H,49,50). The molecule has 0 fully saturated rings. The van der Waals surface area contributed by atoms with Crippen LogP contribution in [-0.2, 0) is 38.8 Å². The summed E-state index contributed by atoms with van der Waals surface area (Å²) in [6.45, 7) is 5.17. The minimum Gasteiger partial charge on any atom is -0.465 e. The smallest absolute Gasteiger partial charge is 0.407 e. The lowest BCUT2D eigenvalue weighted by atomic mass is 10.00. The van der Waals surface area contributed by atoms with Crippen molar-refractivity contribution >= 4 is 30.1 Å². The Kier molecular flexibility index (Phi) is 18.1. The van der Waals surface area contributed by atoms with Crippen LogP contribution in [0.1, 0.15) is 56.2 Å². The first-order valence-electron chi connectivity index (χ1n) is 17.6. The number of hydrogen-bond donors (Lipinski definition) is 4. The first-order chi connectivity index (χ1) is 25.1. The number of alkyl carbamates (subject to hydrolysis) is 2. The second-order valence-electron chi connectivity index (χ2n) is 12.5. The molecule has 5 amide bonds. The predicted octanol–water partition coefficient (Wildman–Crippen LogP) is 5.55. The average Bonchev–Trinajstić information content (AvgIpc) is 3.14. The van der Waals surface area contributed by atoms with Crippen LogP contribution in [-0.4, -0.2) is 83.8 Å². The Morgan fingerprint density at radius 1 is 0.635 bits per heavy atom. The van der Waals surface area contributed by atoms with Crippen molar-refractivity contribution < 1.29 is 38.6 Å². The van der Waals surface area contributed by atoms with Crippen LogP contribution in [0.25, 0.3) is 0 Å². The van der Waals surface area contributed by atoms with Gasteiger partial charge in [0.25, 0.3) is 0 Å². The predicted molar refractivity (Wildman–Crippen MR) is 196 cm³/mol. The molecule has 0 saturated carbocycles. The molecule has 3 rings (SSSR count). The van der Waals surface area contributed by atoms with Gasteiger partial charge in [0.15, 0.2) is 0 Å². The van der Waals surface area contributed by atoms with E-state index < -0.39 is 24.3 Å². The fourth-order valence-corrected chi connectivity index (χ4v) is 5.42. The van der Waals surface area contributed by atoms with E-state index in [0.717, 1.165) is 16.7 Å². The van der Waals surface area contributed by atoms with Gasteiger partial charge in [0.05, 0.1) is 0 Å². The Morgan fingerprint density at radius 2 is 1.12 bits per heavy atom. The Hall–Kier alpha value is -5.59. The maximum atomic E-state index is 13.7. The molecule has 0 aliphatic rings. The molecular formula is C39H51N5O8.